The summed E-state index contributed by atoms with van der Waals surface area (Å²) < 4.78 is 10.9. The van der Waals surface area contributed by atoms with E-state index >= 15 is 0 Å². The topological polar surface area (TPSA) is 17.1 Å². The molecule has 0 saturated carbocycles. The first kappa shape index (κ1) is 10.1. The van der Waals surface area contributed by atoms with E-state index in [0.717, 1.165) is 11.8 Å². The quantitative estimate of drug-likeness (QED) is 0.600. The predicted molar refractivity (Wildman–Crippen MR) is 51.4 cm³/mol. The highest BCUT2D eigenvalue weighted by Crippen LogP contribution is 2.08. The summed E-state index contributed by atoms with van der Waals surface area (Å²) in [6.45, 7) is 10.3. The molecule has 1 atom stereocenters. The van der Waals surface area contributed by atoms with E-state index in [9.17, 15) is 4.21 Å². The van der Waals surface area contributed by atoms with Crippen molar-refractivity contribution < 1.29 is 4.21 Å². The highest BCUT2D eigenvalue weighted by molar-refractivity contribution is 7.88. The molecule has 0 rings (SSSR count). The lowest BCUT2D eigenvalue weighted by Gasteiger charge is -2.13. The summed E-state index contributed by atoms with van der Waals surface area (Å²) in [5.74, 6) is 0.805. The third kappa shape index (κ3) is 6.23. The molecular weight excluding hydrogens is 160 g/mol. The molecule has 0 amide bonds. The molecule has 0 fully saturated rings. The smallest absolute Gasteiger partial charge is 0.0451 e. The van der Waals surface area contributed by atoms with Gasteiger partial charge in [-0.25, -0.2) is 0 Å². The molecule has 0 aromatic heterocycles. The second-order valence-electron chi connectivity index (χ2n) is 3.56. The zero-order chi connectivity index (χ0) is 8.20. The normalized spacial score (nSPS) is 14.7. The van der Waals surface area contributed by atoms with Gasteiger partial charge in [0.1, 0.15) is 0 Å². The van der Waals surface area contributed by atoms with Crippen LogP contribution < -0.4 is 0 Å². The van der Waals surface area contributed by atoms with E-state index in [4.69, 9.17) is 0 Å². The van der Waals surface area contributed by atoms with Crippen molar-refractivity contribution in [1.29, 1.82) is 0 Å². The molecule has 0 aliphatic heterocycles. The summed E-state index contributed by atoms with van der Waals surface area (Å²) >= 11 is 0. The van der Waals surface area contributed by atoms with Crippen LogP contribution in [0.4, 0.5) is 0 Å². The second-order valence-corrected chi connectivity index (χ2v) is 10.7. The van der Waals surface area contributed by atoms with E-state index in [-0.39, 0.29) is 0 Å². The third-order valence-electron chi connectivity index (χ3n) is 1.24. The van der Waals surface area contributed by atoms with Gasteiger partial charge in [0, 0.05) is 24.6 Å². The minimum absolute atomic E-state index is 0.775. The maximum Gasteiger partial charge on any atom is 0.0451 e. The van der Waals surface area contributed by atoms with Gasteiger partial charge in [0.15, 0.2) is 0 Å². The average molecular weight is 176 g/mol. The maximum atomic E-state index is 10.9. The summed E-state index contributed by atoms with van der Waals surface area (Å²) in [4.78, 5) is 0. The van der Waals surface area contributed by atoms with Crippen molar-refractivity contribution >= 4 is 18.9 Å². The Bertz CT molecular complexity index is 137. The minimum atomic E-state index is -0.977. The molecule has 0 radical (unpaired) electrons. The van der Waals surface area contributed by atoms with Crippen molar-refractivity contribution in [2.45, 2.75) is 25.7 Å². The van der Waals surface area contributed by atoms with E-state index in [2.05, 4.69) is 26.2 Å². The van der Waals surface area contributed by atoms with Crippen LogP contribution in [0.25, 0.3) is 0 Å². The minimum Gasteiger partial charge on any atom is -0.255 e. The van der Waals surface area contributed by atoms with E-state index in [1.54, 1.807) is 0 Å². The lowest BCUT2D eigenvalue weighted by atomic mass is 11.0. The highest BCUT2D eigenvalue weighted by atomic mass is 32.2. The van der Waals surface area contributed by atoms with Crippen molar-refractivity contribution in [3.05, 3.63) is 12.0 Å². The summed E-state index contributed by atoms with van der Waals surface area (Å²) in [6.07, 6.45) is 0. The Balaban J connectivity index is 3.55. The molecule has 10 heavy (non-hydrogen) atoms. The Labute approximate surface area is 67.0 Å². The standard InChI is InChI=1S/C7H16OSSi/c1-5-9(8)6-7-10(2,3)4/h5H,1,6-7H2,2-4H3. The molecule has 60 valence electrons. The summed E-state index contributed by atoms with van der Waals surface area (Å²) in [5.41, 5.74) is 0. The van der Waals surface area contributed by atoms with Crippen LogP contribution in [-0.4, -0.2) is 18.0 Å². The van der Waals surface area contributed by atoms with Gasteiger partial charge in [-0.3, -0.25) is 4.21 Å². The zero-order valence-corrected chi connectivity index (χ0v) is 8.83. The van der Waals surface area contributed by atoms with Crippen LogP contribution in [0.1, 0.15) is 0 Å². The number of hydrogen-bond acceptors (Lipinski definition) is 1. The van der Waals surface area contributed by atoms with Crippen molar-refractivity contribution in [3.63, 3.8) is 0 Å². The van der Waals surface area contributed by atoms with Crippen LogP contribution in [0.2, 0.25) is 25.7 Å². The molecule has 0 spiro atoms. The van der Waals surface area contributed by atoms with Crippen molar-refractivity contribution in [2.75, 3.05) is 5.75 Å². The first-order valence-corrected chi connectivity index (χ1v) is 8.54. The Hall–Kier alpha value is 0.107. The fourth-order valence-electron chi connectivity index (χ4n) is 0.490. The van der Waals surface area contributed by atoms with Gasteiger partial charge in [-0.15, -0.1) is 0 Å². The summed E-state index contributed by atoms with van der Waals surface area (Å²) in [7, 11) is -1.75. The predicted octanol–water partition coefficient (Wildman–Crippen LogP) is 2.22. The van der Waals surface area contributed by atoms with Gasteiger partial charge >= 0.3 is 0 Å². The lowest BCUT2D eigenvalue weighted by molar-refractivity contribution is 0.689. The first-order valence-electron chi connectivity index (χ1n) is 3.45. The zero-order valence-electron chi connectivity index (χ0n) is 7.02. The lowest BCUT2D eigenvalue weighted by Crippen LogP contribution is -2.21. The molecule has 0 saturated heterocycles. The van der Waals surface area contributed by atoms with Crippen LogP contribution >= 0.6 is 0 Å². The SMILES string of the molecule is C=CS(=O)CC[Si](C)(C)C. The summed E-state index contributed by atoms with van der Waals surface area (Å²) in [5, 5.41) is 1.53. The first-order chi connectivity index (χ1) is 4.45. The van der Waals surface area contributed by atoms with Gasteiger partial charge < -0.3 is 0 Å². The van der Waals surface area contributed by atoms with Crippen molar-refractivity contribution in [1.82, 2.24) is 0 Å². The van der Waals surface area contributed by atoms with Gasteiger partial charge in [-0.05, 0) is 11.5 Å². The van der Waals surface area contributed by atoms with Gasteiger partial charge in [0.05, 0.1) is 0 Å². The Kier molecular flexibility index (Phi) is 4.13. The fraction of sp³-hybridized carbons (Fsp3) is 0.714. The molecule has 1 unspecified atom stereocenters. The Morgan fingerprint density at radius 2 is 2.00 bits per heavy atom. The Morgan fingerprint density at radius 3 is 2.30 bits per heavy atom. The van der Waals surface area contributed by atoms with E-state index in [1.165, 1.54) is 5.41 Å². The largest absolute Gasteiger partial charge is 0.255 e. The van der Waals surface area contributed by atoms with Crippen LogP contribution in [0, 0.1) is 0 Å². The maximum absolute atomic E-state index is 10.9. The number of hydrogen-bond donors (Lipinski definition) is 0. The van der Waals surface area contributed by atoms with Gasteiger partial charge in [-0.1, -0.05) is 26.2 Å². The molecule has 0 aliphatic rings. The van der Waals surface area contributed by atoms with Crippen LogP contribution in [0.3, 0.4) is 0 Å². The molecule has 0 heterocycles. The summed E-state index contributed by atoms with van der Waals surface area (Å²) in [6, 6.07) is 1.13. The van der Waals surface area contributed by atoms with Gasteiger partial charge in [0.25, 0.3) is 0 Å². The van der Waals surface area contributed by atoms with Crippen molar-refractivity contribution in [2.24, 2.45) is 0 Å². The van der Waals surface area contributed by atoms with E-state index in [1.807, 2.05) is 0 Å². The van der Waals surface area contributed by atoms with Gasteiger partial charge in [0.2, 0.25) is 0 Å². The van der Waals surface area contributed by atoms with Crippen LogP contribution in [0.15, 0.2) is 12.0 Å². The number of rotatable bonds is 4. The van der Waals surface area contributed by atoms with E-state index in [0.29, 0.717) is 0 Å². The molecule has 0 aromatic carbocycles. The van der Waals surface area contributed by atoms with Crippen molar-refractivity contribution in [3.8, 4) is 0 Å². The van der Waals surface area contributed by atoms with E-state index < -0.39 is 18.9 Å². The molecule has 3 heteroatoms. The Morgan fingerprint density at radius 1 is 1.50 bits per heavy atom. The molecule has 1 nitrogen and oxygen atoms in total. The molecular formula is C7H16OSSi. The highest BCUT2D eigenvalue weighted by Gasteiger charge is 2.12. The van der Waals surface area contributed by atoms with Crippen LogP contribution in [-0.2, 0) is 10.8 Å². The molecule has 0 N–H and O–H groups in total. The monoisotopic (exact) mass is 176 g/mol. The molecule has 0 bridgehead atoms. The molecule has 0 aromatic rings. The molecule has 0 aliphatic carbocycles. The fourth-order valence-corrected chi connectivity index (χ4v) is 3.91. The third-order valence-corrected chi connectivity index (χ3v) is 4.33. The average Bonchev–Trinajstić information content (AvgIpc) is 1.81. The van der Waals surface area contributed by atoms with Gasteiger partial charge in [-0.2, -0.15) is 0 Å². The second kappa shape index (κ2) is 4.08. The van der Waals surface area contributed by atoms with Crippen LogP contribution in [0.5, 0.6) is 0 Å².